The summed E-state index contributed by atoms with van der Waals surface area (Å²) in [5, 5.41) is 5.65. The first-order valence-electron chi connectivity index (χ1n) is 19.5. The fraction of sp³-hybridized carbons (Fsp3) is 0.360. The SMILES string of the molecule is CCCc1ccc(-c2cccc3[cH-]c(CC4CCCC4)cc23)cc1.CCCc1ccc(-c2cccc3[cH-]c(CC4CCCC4)cc23)cc1.Cl.Cl.[CH3-].[CH3-].[Si]=[Zr]. The molecule has 4 heteroatoms. The fourth-order valence-corrected chi connectivity index (χ4v) is 8.71. The molecule has 0 bridgehead atoms. The van der Waals surface area contributed by atoms with Gasteiger partial charge in [0.05, 0.1) is 0 Å². The van der Waals surface area contributed by atoms with Gasteiger partial charge in [-0.25, -0.2) is 0 Å². The first-order chi connectivity index (χ1) is 24.7. The zero-order valence-electron chi connectivity index (χ0n) is 33.3. The standard InChI is InChI=1S/2C24H27.2CH3.2ClH.Si.Zr/c2*1-2-6-18-11-13-21(14-12-18)23-10-5-9-22-16-20(17-24(22)23)15-19-7-3-4-8-19;;;;;;/h2*5,9-14,16-17,19H,2-4,6-8,15H2,1H3;2*1H3;2*1H;;/q4*-1;;;;. The summed E-state index contributed by atoms with van der Waals surface area (Å²) in [5.74, 6) is 1.83. The van der Waals surface area contributed by atoms with E-state index in [4.69, 9.17) is 0 Å². The Balaban J connectivity index is 0.000000334. The van der Waals surface area contributed by atoms with Crippen molar-refractivity contribution in [1.82, 2.24) is 0 Å². The van der Waals surface area contributed by atoms with E-state index in [0.29, 0.717) is 0 Å². The molecule has 2 aliphatic carbocycles. The van der Waals surface area contributed by atoms with Crippen molar-refractivity contribution in [1.29, 1.82) is 0 Å². The Morgan fingerprint density at radius 3 is 1.22 bits per heavy atom. The molecule has 0 unspecified atom stereocenters. The van der Waals surface area contributed by atoms with Crippen molar-refractivity contribution in [3.63, 3.8) is 0 Å². The zero-order chi connectivity index (χ0) is 34.7. The number of hydrogen-bond donors (Lipinski definition) is 0. The average molecular weight is 853 g/mol. The van der Waals surface area contributed by atoms with Crippen LogP contribution in [0.15, 0.2) is 109 Å². The molecular formula is C50H62Cl2SiZr-4. The molecule has 0 atom stereocenters. The van der Waals surface area contributed by atoms with Gasteiger partial charge < -0.3 is 14.9 Å². The van der Waals surface area contributed by atoms with Gasteiger partial charge in [-0.05, 0) is 59.8 Å². The van der Waals surface area contributed by atoms with E-state index in [1.807, 2.05) is 0 Å². The van der Waals surface area contributed by atoms with Gasteiger partial charge in [0.15, 0.2) is 0 Å². The minimum absolute atomic E-state index is 0. The Hall–Kier alpha value is -2.22. The van der Waals surface area contributed by atoms with Crippen molar-refractivity contribution in [2.45, 2.75) is 104 Å². The Labute approximate surface area is 358 Å². The molecule has 2 aliphatic rings. The van der Waals surface area contributed by atoms with E-state index in [-0.39, 0.29) is 39.7 Å². The van der Waals surface area contributed by atoms with E-state index in [1.54, 1.807) is 0 Å². The van der Waals surface area contributed by atoms with E-state index < -0.39 is 0 Å². The number of rotatable bonds is 10. The Kier molecular flexibility index (Phi) is 21.7. The molecule has 0 saturated heterocycles. The Morgan fingerprint density at radius 1 is 0.537 bits per heavy atom. The normalized spacial score (nSPS) is 13.7. The Morgan fingerprint density at radius 2 is 0.889 bits per heavy atom. The van der Waals surface area contributed by atoms with Crippen LogP contribution in [0.25, 0.3) is 43.8 Å². The third-order valence-corrected chi connectivity index (χ3v) is 11.2. The minimum atomic E-state index is 0. The van der Waals surface area contributed by atoms with Gasteiger partial charge in [0.25, 0.3) is 0 Å². The molecular weight excluding hydrogens is 791 g/mol. The number of halogens is 2. The quantitative estimate of drug-likeness (QED) is 0.0951. The summed E-state index contributed by atoms with van der Waals surface area (Å²) in [4.78, 5) is 0. The van der Waals surface area contributed by atoms with Crippen LogP contribution in [-0.4, -0.2) is 6.88 Å². The predicted octanol–water partition coefficient (Wildman–Crippen LogP) is 15.2. The summed E-state index contributed by atoms with van der Waals surface area (Å²) in [7, 11) is 0. The molecule has 0 spiro atoms. The van der Waals surface area contributed by atoms with Crippen LogP contribution >= 0.6 is 24.8 Å². The molecule has 6 aromatic carbocycles. The van der Waals surface area contributed by atoms with Crippen molar-refractivity contribution in [2.75, 3.05) is 0 Å². The maximum atomic E-state index is 3.06. The van der Waals surface area contributed by atoms with Crippen LogP contribution in [0.5, 0.6) is 0 Å². The van der Waals surface area contributed by atoms with Crippen LogP contribution in [0.3, 0.4) is 0 Å². The number of hydrogen-bond acceptors (Lipinski definition) is 0. The van der Waals surface area contributed by atoms with Gasteiger partial charge in [-0.15, -0.1) is 93.9 Å². The topological polar surface area (TPSA) is 0 Å². The predicted molar refractivity (Wildman–Crippen MR) is 242 cm³/mol. The average Bonchev–Trinajstić information content (AvgIpc) is 3.99. The van der Waals surface area contributed by atoms with E-state index in [2.05, 4.69) is 130 Å². The zero-order valence-corrected chi connectivity index (χ0v) is 38.4. The van der Waals surface area contributed by atoms with Gasteiger partial charge in [-0.2, -0.15) is 12.1 Å². The van der Waals surface area contributed by atoms with E-state index in [1.165, 1.54) is 179 Å². The molecule has 0 nitrogen and oxygen atoms in total. The molecule has 6 aromatic rings. The van der Waals surface area contributed by atoms with Crippen molar-refractivity contribution in [3.8, 4) is 22.3 Å². The van der Waals surface area contributed by atoms with Gasteiger partial charge in [0, 0.05) is 0 Å². The van der Waals surface area contributed by atoms with Crippen molar-refractivity contribution in [3.05, 3.63) is 146 Å². The summed E-state index contributed by atoms with van der Waals surface area (Å²) in [6.45, 7) is 7.54. The van der Waals surface area contributed by atoms with Crippen LogP contribution in [0, 0.1) is 26.7 Å². The molecule has 0 amide bonds. The number of fused-ring (bicyclic) bond motifs is 2. The van der Waals surface area contributed by atoms with Crippen LogP contribution in [-0.2, 0) is 49.0 Å². The summed E-state index contributed by atoms with van der Waals surface area (Å²) >= 11 is 1.36. The number of aryl methyl sites for hydroxylation is 2. The van der Waals surface area contributed by atoms with Gasteiger partial charge in [-0.3, -0.25) is 0 Å². The summed E-state index contributed by atoms with van der Waals surface area (Å²) in [5.41, 5.74) is 11.4. The second-order valence-electron chi connectivity index (χ2n) is 14.9. The molecule has 0 aromatic heterocycles. The van der Waals surface area contributed by atoms with E-state index in [0.717, 1.165) is 11.8 Å². The van der Waals surface area contributed by atoms with Crippen molar-refractivity contribution < 1.29 is 23.3 Å². The molecule has 2 saturated carbocycles. The third kappa shape index (κ3) is 12.4. The van der Waals surface area contributed by atoms with Gasteiger partial charge in [0.2, 0.25) is 0 Å². The van der Waals surface area contributed by atoms with Crippen LogP contribution in [0.1, 0.15) is 100 Å². The molecule has 0 heterocycles. The first-order valence-corrected chi connectivity index (χ1v) is 23.7. The Bertz CT molecular complexity index is 1780. The van der Waals surface area contributed by atoms with Crippen LogP contribution < -0.4 is 0 Å². The van der Waals surface area contributed by atoms with Crippen molar-refractivity contribution in [2.24, 2.45) is 11.8 Å². The summed E-state index contributed by atoms with van der Waals surface area (Å²) < 4.78 is 0. The maximum absolute atomic E-state index is 3.06. The fourth-order valence-electron chi connectivity index (χ4n) is 8.71. The second kappa shape index (κ2) is 24.4. The van der Waals surface area contributed by atoms with Gasteiger partial charge in [0.1, 0.15) is 0 Å². The summed E-state index contributed by atoms with van der Waals surface area (Å²) in [6, 6.07) is 41.6. The van der Waals surface area contributed by atoms with Gasteiger partial charge >= 0.3 is 30.2 Å². The van der Waals surface area contributed by atoms with Gasteiger partial charge in [-0.1, -0.05) is 150 Å². The monoisotopic (exact) mass is 850 g/mol. The second-order valence-corrected chi connectivity index (χ2v) is 14.9. The van der Waals surface area contributed by atoms with Crippen LogP contribution in [0.4, 0.5) is 0 Å². The van der Waals surface area contributed by atoms with Crippen molar-refractivity contribution >= 4 is 53.2 Å². The third-order valence-electron chi connectivity index (χ3n) is 11.2. The number of benzene rings is 4. The molecule has 2 radical (unpaired) electrons. The molecule has 54 heavy (non-hydrogen) atoms. The molecule has 2 fully saturated rings. The molecule has 0 N–H and O–H groups in total. The molecule has 288 valence electrons. The molecule has 0 aliphatic heterocycles. The van der Waals surface area contributed by atoms with E-state index >= 15 is 0 Å². The first kappa shape index (κ1) is 47.9. The summed E-state index contributed by atoms with van der Waals surface area (Å²) in [6.07, 6.45) is 18.7. The molecule has 8 rings (SSSR count). The van der Waals surface area contributed by atoms with Crippen LogP contribution in [0.2, 0.25) is 0 Å². The van der Waals surface area contributed by atoms with E-state index in [9.17, 15) is 0 Å².